The van der Waals surface area contributed by atoms with Gasteiger partial charge in [0.25, 0.3) is 0 Å². The summed E-state index contributed by atoms with van der Waals surface area (Å²) >= 11 is 0. The van der Waals surface area contributed by atoms with Crippen molar-refractivity contribution in [2.75, 3.05) is 6.61 Å². The van der Waals surface area contributed by atoms with Crippen LogP contribution in [-0.2, 0) is 24.1 Å². The predicted octanol–water partition coefficient (Wildman–Crippen LogP) is 0.314. The first-order chi connectivity index (χ1) is 6.22. The van der Waals surface area contributed by atoms with Crippen LogP contribution in [0, 0.1) is 0 Å². The largest absolute Gasteiger partial charge is 0.460 e. The minimum Gasteiger partial charge on any atom is -0.460 e. The van der Waals surface area contributed by atoms with Gasteiger partial charge in [0.15, 0.2) is 0 Å². The van der Waals surface area contributed by atoms with E-state index in [1.165, 1.54) is 13.8 Å². The van der Waals surface area contributed by atoms with E-state index in [0.717, 1.165) is 0 Å². The van der Waals surface area contributed by atoms with Gasteiger partial charge in [0, 0.05) is 5.57 Å². The maximum absolute atomic E-state index is 10.8. The van der Waals surface area contributed by atoms with E-state index in [0.29, 0.717) is 0 Å². The van der Waals surface area contributed by atoms with Crippen LogP contribution in [0.4, 0.5) is 0 Å². The highest BCUT2D eigenvalue weighted by atomic mass is 32.3. The van der Waals surface area contributed by atoms with Crippen LogP contribution < -0.4 is 0 Å². The molecule has 0 radical (unpaired) electrons. The number of carbonyl (C=O) groups is 1. The molecule has 0 aromatic heterocycles. The van der Waals surface area contributed by atoms with Crippen LogP contribution in [-0.4, -0.2) is 31.7 Å². The average Bonchev–Trinajstić information content (AvgIpc) is 1.96. The second kappa shape index (κ2) is 5.08. The van der Waals surface area contributed by atoms with E-state index >= 15 is 0 Å². The number of esters is 1. The first kappa shape index (κ1) is 13.1. The summed E-state index contributed by atoms with van der Waals surface area (Å²) in [6.07, 6.45) is -0.937. The third kappa shape index (κ3) is 6.58. The molecular weight excluding hydrogens is 212 g/mol. The van der Waals surface area contributed by atoms with Gasteiger partial charge in [0.05, 0.1) is 0 Å². The van der Waals surface area contributed by atoms with Gasteiger partial charge in [-0.15, -0.1) is 0 Å². The monoisotopic (exact) mass is 224 g/mol. The standard InChI is InChI=1S/C7H12O6S/c1-5(2)7(8)12-4-6(3)13-14(9,10)11/h6H,1,4H2,2-3H3,(H,9,10,11). The normalized spacial score (nSPS) is 13.4. The van der Waals surface area contributed by atoms with Crippen molar-refractivity contribution < 1.29 is 26.7 Å². The summed E-state index contributed by atoms with van der Waals surface area (Å²) in [5.41, 5.74) is 0.198. The number of carbonyl (C=O) groups excluding carboxylic acids is 1. The third-order valence-electron chi connectivity index (χ3n) is 1.08. The minimum atomic E-state index is -4.51. The Morgan fingerprint density at radius 3 is 2.43 bits per heavy atom. The zero-order valence-electron chi connectivity index (χ0n) is 7.89. The van der Waals surface area contributed by atoms with Crippen LogP contribution >= 0.6 is 0 Å². The van der Waals surface area contributed by atoms with Crippen LogP contribution in [0.3, 0.4) is 0 Å². The molecule has 0 amide bonds. The van der Waals surface area contributed by atoms with Gasteiger partial charge >= 0.3 is 16.4 Å². The molecule has 0 aromatic carbocycles. The van der Waals surface area contributed by atoms with Crippen molar-refractivity contribution in [2.24, 2.45) is 0 Å². The molecule has 0 rings (SSSR count). The summed E-state index contributed by atoms with van der Waals surface area (Å²) in [6.45, 7) is 5.84. The third-order valence-corrected chi connectivity index (χ3v) is 1.66. The molecule has 0 aromatic rings. The molecule has 0 fully saturated rings. The van der Waals surface area contributed by atoms with E-state index < -0.39 is 22.5 Å². The van der Waals surface area contributed by atoms with Gasteiger partial charge in [0.1, 0.15) is 12.7 Å². The van der Waals surface area contributed by atoms with Gasteiger partial charge in [-0.1, -0.05) is 6.58 Å². The van der Waals surface area contributed by atoms with Crippen molar-refractivity contribution in [3.05, 3.63) is 12.2 Å². The zero-order chi connectivity index (χ0) is 11.4. The average molecular weight is 224 g/mol. The van der Waals surface area contributed by atoms with Crippen molar-refractivity contribution in [2.45, 2.75) is 20.0 Å². The maximum atomic E-state index is 10.8. The molecule has 0 aliphatic heterocycles. The molecule has 0 aliphatic rings. The number of hydrogen-bond acceptors (Lipinski definition) is 5. The van der Waals surface area contributed by atoms with Crippen molar-refractivity contribution in [3.63, 3.8) is 0 Å². The fourth-order valence-corrected chi connectivity index (χ4v) is 1.02. The molecule has 0 spiro atoms. The molecule has 0 aliphatic carbocycles. The predicted molar refractivity (Wildman–Crippen MR) is 47.9 cm³/mol. The topological polar surface area (TPSA) is 89.9 Å². The van der Waals surface area contributed by atoms with Crippen molar-refractivity contribution in [1.82, 2.24) is 0 Å². The van der Waals surface area contributed by atoms with E-state index in [-0.39, 0.29) is 12.2 Å². The van der Waals surface area contributed by atoms with E-state index in [9.17, 15) is 13.2 Å². The maximum Gasteiger partial charge on any atom is 0.397 e. The van der Waals surface area contributed by atoms with E-state index in [1.54, 1.807) is 0 Å². The van der Waals surface area contributed by atoms with Crippen molar-refractivity contribution in [3.8, 4) is 0 Å². The molecule has 7 heteroatoms. The van der Waals surface area contributed by atoms with E-state index in [2.05, 4.69) is 15.5 Å². The highest BCUT2D eigenvalue weighted by Crippen LogP contribution is 1.99. The van der Waals surface area contributed by atoms with Crippen LogP contribution in [0.15, 0.2) is 12.2 Å². The zero-order valence-corrected chi connectivity index (χ0v) is 8.70. The molecule has 0 bridgehead atoms. The van der Waals surface area contributed by atoms with Gasteiger partial charge < -0.3 is 4.74 Å². The van der Waals surface area contributed by atoms with Crippen LogP contribution in [0.2, 0.25) is 0 Å². The van der Waals surface area contributed by atoms with E-state index in [4.69, 9.17) is 4.55 Å². The molecule has 1 unspecified atom stereocenters. The quantitative estimate of drug-likeness (QED) is 0.410. The Balaban J connectivity index is 3.92. The fourth-order valence-electron chi connectivity index (χ4n) is 0.552. The summed E-state index contributed by atoms with van der Waals surface area (Å²) in [6, 6.07) is 0. The molecule has 1 atom stereocenters. The highest BCUT2D eigenvalue weighted by Gasteiger charge is 2.14. The number of hydrogen-bond donors (Lipinski definition) is 1. The van der Waals surface area contributed by atoms with Gasteiger partial charge in [-0.3, -0.25) is 4.55 Å². The Labute approximate surface area is 82.5 Å². The summed E-state index contributed by atoms with van der Waals surface area (Å²) in [4.78, 5) is 10.8. The van der Waals surface area contributed by atoms with Crippen molar-refractivity contribution in [1.29, 1.82) is 0 Å². The minimum absolute atomic E-state index is 0.198. The van der Waals surface area contributed by atoms with Gasteiger partial charge in [-0.2, -0.15) is 8.42 Å². The summed E-state index contributed by atoms with van der Waals surface area (Å²) in [5.74, 6) is -0.643. The van der Waals surface area contributed by atoms with Crippen molar-refractivity contribution >= 4 is 16.4 Å². The second-order valence-corrected chi connectivity index (χ2v) is 3.76. The Bertz CT molecular complexity index is 317. The lowest BCUT2D eigenvalue weighted by molar-refractivity contribution is -0.141. The fraction of sp³-hybridized carbons (Fsp3) is 0.571. The first-order valence-corrected chi connectivity index (χ1v) is 5.07. The molecular formula is C7H12O6S. The number of ether oxygens (including phenoxy) is 1. The SMILES string of the molecule is C=C(C)C(=O)OCC(C)OS(=O)(=O)O. The molecule has 14 heavy (non-hydrogen) atoms. The highest BCUT2D eigenvalue weighted by molar-refractivity contribution is 7.80. The smallest absolute Gasteiger partial charge is 0.397 e. The molecule has 1 N–H and O–H groups in total. The van der Waals surface area contributed by atoms with Gasteiger partial charge in [-0.25, -0.2) is 8.98 Å². The molecule has 0 saturated heterocycles. The Morgan fingerprint density at radius 1 is 1.57 bits per heavy atom. The Hall–Kier alpha value is -0.920. The Morgan fingerprint density at radius 2 is 2.07 bits per heavy atom. The lowest BCUT2D eigenvalue weighted by atomic mass is 10.3. The summed E-state index contributed by atoms with van der Waals surface area (Å²) < 4.78 is 37.3. The lowest BCUT2D eigenvalue weighted by Crippen LogP contribution is -2.22. The van der Waals surface area contributed by atoms with E-state index in [1.807, 2.05) is 0 Å². The number of rotatable bonds is 5. The van der Waals surface area contributed by atoms with Gasteiger partial charge in [0.2, 0.25) is 0 Å². The van der Waals surface area contributed by atoms with Crippen LogP contribution in [0.1, 0.15) is 13.8 Å². The molecule has 0 saturated carbocycles. The molecule has 82 valence electrons. The molecule has 6 nitrogen and oxygen atoms in total. The lowest BCUT2D eigenvalue weighted by Gasteiger charge is -2.10. The van der Waals surface area contributed by atoms with Crippen LogP contribution in [0.5, 0.6) is 0 Å². The van der Waals surface area contributed by atoms with Crippen LogP contribution in [0.25, 0.3) is 0 Å². The summed E-state index contributed by atoms with van der Waals surface area (Å²) in [7, 11) is -4.51. The second-order valence-electron chi connectivity index (χ2n) is 2.71. The van der Waals surface area contributed by atoms with Gasteiger partial charge in [-0.05, 0) is 13.8 Å². The first-order valence-electron chi connectivity index (χ1n) is 3.70. The Kier molecular flexibility index (Phi) is 4.75. The molecule has 0 heterocycles. The summed E-state index contributed by atoms with van der Waals surface area (Å²) in [5, 5.41) is 0.